The van der Waals surface area contributed by atoms with Crippen molar-refractivity contribution in [1.82, 2.24) is 0 Å². The lowest BCUT2D eigenvalue weighted by atomic mass is 10.0. The first kappa shape index (κ1) is 12.1. The summed E-state index contributed by atoms with van der Waals surface area (Å²) in [6, 6.07) is 18.5. The molecule has 2 nitrogen and oxygen atoms in total. The molecule has 0 aliphatic carbocycles. The number of hydrogen-bond acceptors (Lipinski definition) is 2. The summed E-state index contributed by atoms with van der Waals surface area (Å²) in [5, 5.41) is 11.6. The molecule has 2 rings (SSSR count). The van der Waals surface area contributed by atoms with Gasteiger partial charge >= 0.3 is 0 Å². The number of hydrogen-bond donors (Lipinski definition) is 1. The van der Waals surface area contributed by atoms with Crippen LogP contribution in [0.25, 0.3) is 17.2 Å². The second-order valence-electron chi connectivity index (χ2n) is 4.06. The van der Waals surface area contributed by atoms with Gasteiger partial charge in [-0.1, -0.05) is 65.8 Å². The van der Waals surface area contributed by atoms with Gasteiger partial charge < -0.3 is 5.21 Å². The number of rotatable bonds is 3. The highest BCUT2D eigenvalue weighted by molar-refractivity contribution is 5.95. The molecule has 1 N–H and O–H groups in total. The van der Waals surface area contributed by atoms with Crippen molar-refractivity contribution in [2.24, 2.45) is 5.16 Å². The van der Waals surface area contributed by atoms with Crippen molar-refractivity contribution in [3.8, 4) is 11.1 Å². The molecule has 0 fully saturated rings. The SMILES string of the molecule is CC(C=Cc1ccc(-c2ccccc2)cc1)=NO. The first-order valence-electron chi connectivity index (χ1n) is 5.82. The highest BCUT2D eigenvalue weighted by Gasteiger charge is 1.95. The van der Waals surface area contributed by atoms with E-state index >= 15 is 0 Å². The van der Waals surface area contributed by atoms with Crippen molar-refractivity contribution in [2.75, 3.05) is 0 Å². The summed E-state index contributed by atoms with van der Waals surface area (Å²) in [4.78, 5) is 0. The third-order valence-corrected chi connectivity index (χ3v) is 2.69. The molecule has 0 aliphatic rings. The average molecular weight is 237 g/mol. The van der Waals surface area contributed by atoms with Gasteiger partial charge in [0, 0.05) is 0 Å². The molecule has 0 bridgehead atoms. The van der Waals surface area contributed by atoms with Gasteiger partial charge in [0.25, 0.3) is 0 Å². The summed E-state index contributed by atoms with van der Waals surface area (Å²) in [7, 11) is 0. The Morgan fingerprint density at radius 1 is 0.944 bits per heavy atom. The van der Waals surface area contributed by atoms with E-state index in [-0.39, 0.29) is 0 Å². The molecule has 0 aromatic heterocycles. The van der Waals surface area contributed by atoms with Crippen molar-refractivity contribution in [1.29, 1.82) is 0 Å². The summed E-state index contributed by atoms with van der Waals surface area (Å²) in [6.45, 7) is 1.74. The Morgan fingerprint density at radius 3 is 2.17 bits per heavy atom. The molecule has 0 spiro atoms. The van der Waals surface area contributed by atoms with E-state index in [1.165, 1.54) is 11.1 Å². The topological polar surface area (TPSA) is 32.6 Å². The minimum atomic E-state index is 0.585. The van der Waals surface area contributed by atoms with E-state index in [0.717, 1.165) is 5.56 Å². The molecule has 0 aliphatic heterocycles. The van der Waals surface area contributed by atoms with Crippen LogP contribution in [0.1, 0.15) is 12.5 Å². The Kier molecular flexibility index (Phi) is 3.92. The van der Waals surface area contributed by atoms with Crippen LogP contribution in [-0.4, -0.2) is 10.9 Å². The van der Waals surface area contributed by atoms with E-state index in [1.807, 2.05) is 36.4 Å². The van der Waals surface area contributed by atoms with Gasteiger partial charge in [0.2, 0.25) is 0 Å². The van der Waals surface area contributed by atoms with Crippen LogP contribution in [0.3, 0.4) is 0 Å². The minimum absolute atomic E-state index is 0.585. The second kappa shape index (κ2) is 5.82. The molecular weight excluding hydrogens is 222 g/mol. The Bertz CT molecular complexity index is 553. The zero-order valence-electron chi connectivity index (χ0n) is 10.2. The number of nitrogens with zero attached hydrogens (tertiary/aromatic N) is 1. The Morgan fingerprint density at radius 2 is 1.56 bits per heavy atom. The van der Waals surface area contributed by atoms with Gasteiger partial charge in [-0.25, -0.2) is 0 Å². The molecule has 0 amide bonds. The normalized spacial score (nSPS) is 11.9. The molecule has 2 aromatic carbocycles. The lowest BCUT2D eigenvalue weighted by Crippen LogP contribution is -1.83. The van der Waals surface area contributed by atoms with E-state index < -0.39 is 0 Å². The lowest BCUT2D eigenvalue weighted by Gasteiger charge is -2.01. The standard InChI is InChI=1S/C16H15NO/c1-13(17-18)7-8-14-9-11-16(12-10-14)15-5-3-2-4-6-15/h2-12,18H,1H3. The molecular formula is C16H15NO. The predicted octanol–water partition coefficient (Wildman–Crippen LogP) is 4.22. The van der Waals surface area contributed by atoms with Crippen LogP contribution < -0.4 is 0 Å². The molecule has 0 heterocycles. The first-order valence-corrected chi connectivity index (χ1v) is 5.82. The second-order valence-corrected chi connectivity index (χ2v) is 4.06. The van der Waals surface area contributed by atoms with Crippen molar-refractivity contribution in [3.05, 3.63) is 66.2 Å². The van der Waals surface area contributed by atoms with E-state index in [4.69, 9.17) is 5.21 Å². The molecule has 18 heavy (non-hydrogen) atoms. The fourth-order valence-electron chi connectivity index (χ4n) is 1.67. The van der Waals surface area contributed by atoms with E-state index in [1.54, 1.807) is 13.0 Å². The van der Waals surface area contributed by atoms with Gasteiger partial charge in [0.15, 0.2) is 0 Å². The fraction of sp³-hybridized carbons (Fsp3) is 0.0625. The molecule has 2 heteroatoms. The third-order valence-electron chi connectivity index (χ3n) is 2.69. The monoisotopic (exact) mass is 237 g/mol. The summed E-state index contributed by atoms with van der Waals surface area (Å²) in [6.07, 6.45) is 3.70. The van der Waals surface area contributed by atoms with Crippen LogP contribution in [0.15, 0.2) is 65.8 Å². The maximum absolute atomic E-state index is 8.54. The quantitative estimate of drug-likeness (QED) is 0.484. The minimum Gasteiger partial charge on any atom is -0.411 e. The van der Waals surface area contributed by atoms with Gasteiger partial charge in [0.1, 0.15) is 0 Å². The highest BCUT2D eigenvalue weighted by atomic mass is 16.4. The van der Waals surface area contributed by atoms with Crippen molar-refractivity contribution in [2.45, 2.75) is 6.92 Å². The smallest absolute Gasteiger partial charge is 0.0765 e. The van der Waals surface area contributed by atoms with Gasteiger partial charge in [-0.2, -0.15) is 0 Å². The number of benzene rings is 2. The van der Waals surface area contributed by atoms with Crippen LogP contribution >= 0.6 is 0 Å². The predicted molar refractivity (Wildman–Crippen MR) is 75.8 cm³/mol. The van der Waals surface area contributed by atoms with Gasteiger partial charge in [-0.3, -0.25) is 0 Å². The molecule has 0 unspecified atom stereocenters. The van der Waals surface area contributed by atoms with Gasteiger partial charge in [-0.05, 0) is 29.7 Å². The summed E-state index contributed by atoms with van der Waals surface area (Å²) >= 11 is 0. The van der Waals surface area contributed by atoms with E-state index in [2.05, 4.69) is 29.4 Å². The maximum atomic E-state index is 8.54. The van der Waals surface area contributed by atoms with Crippen LogP contribution in [0, 0.1) is 0 Å². The van der Waals surface area contributed by atoms with E-state index in [9.17, 15) is 0 Å². The van der Waals surface area contributed by atoms with Gasteiger partial charge in [0.05, 0.1) is 5.71 Å². The number of oxime groups is 1. The molecule has 0 saturated carbocycles. The number of allylic oxidation sites excluding steroid dienone is 1. The molecule has 2 aromatic rings. The molecule has 0 radical (unpaired) electrons. The molecule has 0 atom stereocenters. The van der Waals surface area contributed by atoms with Crippen LogP contribution in [-0.2, 0) is 0 Å². The van der Waals surface area contributed by atoms with Crippen LogP contribution in [0.5, 0.6) is 0 Å². The van der Waals surface area contributed by atoms with Crippen molar-refractivity contribution in [3.63, 3.8) is 0 Å². The van der Waals surface area contributed by atoms with Crippen molar-refractivity contribution >= 4 is 11.8 Å². The van der Waals surface area contributed by atoms with E-state index in [0.29, 0.717) is 5.71 Å². The zero-order chi connectivity index (χ0) is 12.8. The molecule has 0 saturated heterocycles. The average Bonchev–Trinajstić information content (AvgIpc) is 2.46. The summed E-state index contributed by atoms with van der Waals surface area (Å²) in [5.74, 6) is 0. The summed E-state index contributed by atoms with van der Waals surface area (Å²) in [5.41, 5.74) is 4.07. The van der Waals surface area contributed by atoms with Crippen molar-refractivity contribution < 1.29 is 5.21 Å². The Hall–Kier alpha value is -2.35. The largest absolute Gasteiger partial charge is 0.411 e. The maximum Gasteiger partial charge on any atom is 0.0765 e. The highest BCUT2D eigenvalue weighted by Crippen LogP contribution is 2.19. The summed E-state index contributed by atoms with van der Waals surface area (Å²) < 4.78 is 0. The lowest BCUT2D eigenvalue weighted by molar-refractivity contribution is 0.319. The first-order chi connectivity index (χ1) is 8.79. The Balaban J connectivity index is 2.18. The van der Waals surface area contributed by atoms with Crippen LogP contribution in [0.2, 0.25) is 0 Å². The zero-order valence-corrected chi connectivity index (χ0v) is 10.2. The third kappa shape index (κ3) is 3.08. The fourth-order valence-corrected chi connectivity index (χ4v) is 1.67. The van der Waals surface area contributed by atoms with Crippen LogP contribution in [0.4, 0.5) is 0 Å². The van der Waals surface area contributed by atoms with Gasteiger partial charge in [-0.15, -0.1) is 0 Å². The Labute approximate surface area is 107 Å². The molecule has 90 valence electrons.